The molecule has 1 aromatic rings. The Morgan fingerprint density at radius 2 is 1.66 bits per heavy atom. The van der Waals surface area contributed by atoms with Gasteiger partial charge in [0.1, 0.15) is 18.3 Å². The molecule has 166 valence electrons. The van der Waals surface area contributed by atoms with Crippen molar-refractivity contribution in [3.63, 3.8) is 0 Å². The van der Waals surface area contributed by atoms with Crippen molar-refractivity contribution in [3.8, 4) is 0 Å². The molecule has 1 saturated heterocycles. The van der Waals surface area contributed by atoms with Crippen LogP contribution in [0.5, 0.6) is 0 Å². The van der Waals surface area contributed by atoms with Gasteiger partial charge in [0.25, 0.3) is 5.56 Å². The van der Waals surface area contributed by atoms with E-state index in [-0.39, 0.29) is 0 Å². The molecule has 20 heteroatoms. The van der Waals surface area contributed by atoms with Gasteiger partial charge in [-0.1, -0.05) is 0 Å². The molecule has 2 unspecified atom stereocenters. The van der Waals surface area contributed by atoms with E-state index >= 15 is 0 Å². The predicted molar refractivity (Wildman–Crippen MR) is 87.1 cm³/mol. The molecule has 0 spiro atoms. The van der Waals surface area contributed by atoms with Crippen molar-refractivity contribution in [2.45, 2.75) is 24.5 Å². The molecule has 29 heavy (non-hydrogen) atoms. The Balaban J connectivity index is 2.06. The first kappa shape index (κ1) is 24.2. The van der Waals surface area contributed by atoms with Gasteiger partial charge in [0.2, 0.25) is 0 Å². The molecule has 2 heterocycles. The normalized spacial score (nSPS) is 29.3. The van der Waals surface area contributed by atoms with Gasteiger partial charge in [-0.2, -0.15) is 8.62 Å². The van der Waals surface area contributed by atoms with Crippen LogP contribution in [0.25, 0.3) is 0 Å². The molecule has 0 aromatic carbocycles. The van der Waals surface area contributed by atoms with E-state index in [4.69, 9.17) is 19.4 Å². The number of nitrogens with zero attached hydrogens (tertiary/aromatic N) is 1. The Hall–Kier alpha value is -1.03. The Morgan fingerprint density at radius 1 is 1.03 bits per heavy atom. The molecule has 6 atom stereocenters. The molecule has 1 aromatic heterocycles. The van der Waals surface area contributed by atoms with Gasteiger partial charge in [-0.25, -0.2) is 18.5 Å². The van der Waals surface area contributed by atoms with Gasteiger partial charge in [-0.05, 0) is 0 Å². The van der Waals surface area contributed by atoms with Crippen molar-refractivity contribution in [2.24, 2.45) is 0 Å². The van der Waals surface area contributed by atoms with Crippen molar-refractivity contribution >= 4 is 23.5 Å². The third-order valence-electron chi connectivity index (χ3n) is 3.28. The fourth-order valence-electron chi connectivity index (χ4n) is 2.20. The maximum Gasteiger partial charge on any atom is 0.490 e. The van der Waals surface area contributed by atoms with E-state index < -0.39 is 65.9 Å². The van der Waals surface area contributed by atoms with Gasteiger partial charge in [0, 0.05) is 12.3 Å². The monoisotopic (exact) mass is 484 g/mol. The fourth-order valence-corrected chi connectivity index (χ4v) is 5.23. The maximum atomic E-state index is 11.7. The molecule has 0 saturated carbocycles. The van der Waals surface area contributed by atoms with Crippen LogP contribution in [0, 0.1) is 0 Å². The second-order valence-corrected chi connectivity index (χ2v) is 9.87. The van der Waals surface area contributed by atoms with Crippen LogP contribution < -0.4 is 11.2 Å². The average molecular weight is 484 g/mol. The number of rotatable bonds is 8. The van der Waals surface area contributed by atoms with Crippen LogP contribution in [-0.4, -0.2) is 64.3 Å². The summed E-state index contributed by atoms with van der Waals surface area (Å²) < 4.78 is 50.6. The summed E-state index contributed by atoms with van der Waals surface area (Å²) in [5, 5.41) is 19.9. The molecular formula is C9H15N2O15P3. The van der Waals surface area contributed by atoms with Crippen LogP contribution in [0.1, 0.15) is 6.23 Å². The zero-order valence-corrected chi connectivity index (χ0v) is 16.5. The van der Waals surface area contributed by atoms with Crippen LogP contribution in [0.4, 0.5) is 0 Å². The Kier molecular flexibility index (Phi) is 7.20. The van der Waals surface area contributed by atoms with Crippen LogP contribution in [0.2, 0.25) is 0 Å². The summed E-state index contributed by atoms with van der Waals surface area (Å²) in [6.45, 7) is -1.05. The SMILES string of the molecule is O=c1ccn([C@@H]2O[C@H](COP(=O)(O)OP(=O)(O)OP(=O)(O)O)[C@H](O)[C@@H]2O)c(=O)[nH]1. The smallest absolute Gasteiger partial charge is 0.387 e. The average Bonchev–Trinajstić information content (AvgIpc) is 2.78. The van der Waals surface area contributed by atoms with Gasteiger partial charge in [0.15, 0.2) is 6.23 Å². The lowest BCUT2D eigenvalue weighted by molar-refractivity contribution is -0.0542. The second kappa shape index (κ2) is 8.61. The standard InChI is InChI=1S/C9H15N2O15P3/c12-5-1-2-11(9(15)10-5)8-7(14)6(13)4(24-8)3-23-28(19,20)26-29(21,22)25-27(16,17)18/h1-2,4,6-8,13-14H,3H2,(H,19,20)(H,21,22)(H,10,12,15)(H2,16,17,18)/t4-,6+,7+,8-/m1/s1. The van der Waals surface area contributed by atoms with Gasteiger partial charge >= 0.3 is 29.2 Å². The number of ether oxygens (including phenoxy) is 1. The minimum atomic E-state index is -5.73. The summed E-state index contributed by atoms with van der Waals surface area (Å²) in [6.07, 6.45) is -5.70. The predicted octanol–water partition coefficient (Wildman–Crippen LogP) is -2.50. The third-order valence-corrected chi connectivity index (χ3v) is 7.08. The highest BCUT2D eigenvalue weighted by Crippen LogP contribution is 2.66. The molecule has 0 aliphatic carbocycles. The topological polar surface area (TPSA) is 264 Å². The number of hydrogen-bond donors (Lipinski definition) is 7. The van der Waals surface area contributed by atoms with E-state index in [0.29, 0.717) is 4.57 Å². The Morgan fingerprint density at radius 3 is 2.21 bits per heavy atom. The van der Waals surface area contributed by atoms with Crippen molar-refractivity contribution in [1.29, 1.82) is 0 Å². The summed E-state index contributed by atoms with van der Waals surface area (Å²) in [5.41, 5.74) is -1.74. The quantitative estimate of drug-likeness (QED) is 0.188. The minimum absolute atomic E-state index is 0.708. The van der Waals surface area contributed by atoms with E-state index in [1.165, 1.54) is 0 Å². The van der Waals surface area contributed by atoms with E-state index in [2.05, 4.69) is 13.1 Å². The van der Waals surface area contributed by atoms with Crippen LogP contribution in [-0.2, 0) is 31.6 Å². The number of H-pyrrole nitrogens is 1. The largest absolute Gasteiger partial charge is 0.490 e. The molecule has 1 aliphatic rings. The molecule has 0 amide bonds. The van der Waals surface area contributed by atoms with Crippen molar-refractivity contribution in [3.05, 3.63) is 33.1 Å². The number of phosphoric acid groups is 3. The summed E-state index contributed by atoms with van der Waals surface area (Å²) in [6, 6.07) is 0.920. The Labute approximate surface area is 159 Å². The van der Waals surface area contributed by atoms with Crippen molar-refractivity contribution in [2.75, 3.05) is 6.61 Å². The number of hydrogen-bond acceptors (Lipinski definition) is 11. The minimum Gasteiger partial charge on any atom is -0.387 e. The summed E-state index contributed by atoms with van der Waals surface area (Å²) in [7, 11) is -16.8. The van der Waals surface area contributed by atoms with Crippen molar-refractivity contribution in [1.82, 2.24) is 9.55 Å². The molecular weight excluding hydrogens is 469 g/mol. The molecule has 0 radical (unpaired) electrons. The molecule has 1 fully saturated rings. The lowest BCUT2D eigenvalue weighted by Gasteiger charge is -2.19. The van der Waals surface area contributed by atoms with E-state index in [1.807, 2.05) is 4.98 Å². The molecule has 0 bridgehead atoms. The fraction of sp³-hybridized carbons (Fsp3) is 0.556. The van der Waals surface area contributed by atoms with Gasteiger partial charge < -0.3 is 34.5 Å². The highest BCUT2D eigenvalue weighted by molar-refractivity contribution is 7.66. The summed E-state index contributed by atoms with van der Waals surface area (Å²) in [5.74, 6) is 0. The van der Waals surface area contributed by atoms with Crippen LogP contribution >= 0.6 is 23.5 Å². The number of aliphatic hydroxyl groups excluding tert-OH is 2. The van der Waals surface area contributed by atoms with Crippen molar-refractivity contribution < 1.29 is 61.4 Å². The summed E-state index contributed by atoms with van der Waals surface area (Å²) in [4.78, 5) is 59.9. The first-order valence-electron chi connectivity index (χ1n) is 7.22. The lowest BCUT2D eigenvalue weighted by Crippen LogP contribution is -2.37. The first-order valence-corrected chi connectivity index (χ1v) is 11.7. The van der Waals surface area contributed by atoms with E-state index in [1.54, 1.807) is 0 Å². The van der Waals surface area contributed by atoms with Gasteiger partial charge in [0.05, 0.1) is 6.61 Å². The number of aromatic nitrogens is 2. The third kappa shape index (κ3) is 6.73. The van der Waals surface area contributed by atoms with Gasteiger partial charge in [-0.15, -0.1) is 0 Å². The molecule has 1 aliphatic heterocycles. The van der Waals surface area contributed by atoms with Crippen LogP contribution in [0.3, 0.4) is 0 Å². The highest BCUT2D eigenvalue weighted by Gasteiger charge is 2.46. The number of aromatic amines is 1. The zero-order valence-electron chi connectivity index (χ0n) is 13.8. The number of nitrogens with one attached hydrogen (secondary N) is 1. The first-order chi connectivity index (χ1) is 13.1. The zero-order chi connectivity index (χ0) is 22.2. The highest BCUT2D eigenvalue weighted by atomic mass is 31.3. The molecule has 7 N–H and O–H groups in total. The lowest BCUT2D eigenvalue weighted by atomic mass is 10.1. The van der Waals surface area contributed by atoms with Crippen LogP contribution in [0.15, 0.2) is 21.9 Å². The summed E-state index contributed by atoms with van der Waals surface area (Å²) >= 11 is 0. The molecule has 17 nitrogen and oxygen atoms in total. The Bertz CT molecular complexity index is 997. The van der Waals surface area contributed by atoms with E-state index in [0.717, 1.165) is 12.3 Å². The van der Waals surface area contributed by atoms with E-state index in [9.17, 15) is 38.4 Å². The molecule has 2 rings (SSSR count). The number of aliphatic hydroxyl groups is 2. The van der Waals surface area contributed by atoms with Gasteiger partial charge in [-0.3, -0.25) is 18.9 Å². The number of phosphoric ester groups is 1. The second-order valence-electron chi connectivity index (χ2n) is 5.45. The maximum absolute atomic E-state index is 11.7.